The first kappa shape index (κ1) is 11.9. The molecule has 0 spiro atoms. The third-order valence-electron chi connectivity index (χ3n) is 3.06. The molecular weight excluding hydrogens is 222 g/mol. The maximum absolute atomic E-state index is 2.37. The Morgan fingerprint density at radius 2 is 1.41 bits per heavy atom. The molecule has 0 aliphatic carbocycles. The van der Waals surface area contributed by atoms with Crippen LogP contribution in [0.2, 0.25) is 13.1 Å². The van der Waals surface area contributed by atoms with Crippen LogP contribution in [-0.2, 0) is 0 Å². The highest BCUT2D eigenvalue weighted by molar-refractivity contribution is 6.72. The minimum atomic E-state index is -0.790. The molecule has 0 amide bonds. The van der Waals surface area contributed by atoms with Gasteiger partial charge in [0.1, 0.15) is 0 Å². The Labute approximate surface area is 105 Å². The van der Waals surface area contributed by atoms with Crippen molar-refractivity contribution in [2.24, 2.45) is 0 Å². The van der Waals surface area contributed by atoms with Crippen molar-refractivity contribution < 1.29 is 0 Å². The Hall–Kier alpha value is -1.54. The summed E-state index contributed by atoms with van der Waals surface area (Å²) in [5.41, 5.74) is 2.59. The van der Waals surface area contributed by atoms with Crippen molar-refractivity contribution in [2.75, 3.05) is 11.9 Å². The number of anilines is 2. The molecule has 0 saturated carbocycles. The summed E-state index contributed by atoms with van der Waals surface area (Å²) in [7, 11) is 1.35. The molecule has 0 N–H and O–H groups in total. The lowest BCUT2D eigenvalue weighted by Gasteiger charge is -2.23. The van der Waals surface area contributed by atoms with Gasteiger partial charge in [0.2, 0.25) is 0 Å². The summed E-state index contributed by atoms with van der Waals surface area (Å²) >= 11 is 0. The fourth-order valence-electron chi connectivity index (χ4n) is 2.07. The van der Waals surface area contributed by atoms with E-state index in [1.54, 1.807) is 0 Å². The van der Waals surface area contributed by atoms with Gasteiger partial charge in [-0.3, -0.25) is 0 Å². The molecule has 0 atom stereocenters. The van der Waals surface area contributed by atoms with Gasteiger partial charge in [-0.1, -0.05) is 49.5 Å². The highest BCUT2D eigenvalue weighted by Crippen LogP contribution is 2.21. The Balaban J connectivity index is 2.41. The molecule has 2 aromatic rings. The van der Waals surface area contributed by atoms with Gasteiger partial charge in [-0.05, 0) is 23.4 Å². The largest absolute Gasteiger partial charge is 0.345 e. The maximum Gasteiger partial charge on any atom is 0.0674 e. The van der Waals surface area contributed by atoms with Crippen LogP contribution in [0.3, 0.4) is 0 Å². The molecule has 2 heteroatoms. The molecule has 0 radical (unpaired) electrons. The average molecular weight is 241 g/mol. The summed E-state index contributed by atoms with van der Waals surface area (Å²) in [6.45, 7) is 4.75. The highest BCUT2D eigenvalue weighted by atomic mass is 28.3. The van der Waals surface area contributed by atoms with Gasteiger partial charge in [-0.2, -0.15) is 0 Å². The lowest BCUT2D eigenvalue weighted by molar-refractivity contribution is 1.22. The summed E-state index contributed by atoms with van der Waals surface area (Å²) in [6.07, 6.45) is 0. The van der Waals surface area contributed by atoms with Gasteiger partial charge in [0.25, 0.3) is 0 Å². The van der Waals surface area contributed by atoms with E-state index in [0.29, 0.717) is 0 Å². The second-order valence-electron chi connectivity index (χ2n) is 4.61. The Morgan fingerprint density at radius 1 is 0.824 bits per heavy atom. The number of rotatable bonds is 3. The minimum absolute atomic E-state index is 0.790. The standard InChI is InChI=1S/C15H19NSi/c1-16(13-9-5-4-6-10-13)14-11-7-8-12-15(14)17(2)3/h4-12,17H,1-3H3. The van der Waals surface area contributed by atoms with Crippen molar-refractivity contribution in [2.45, 2.75) is 13.1 Å². The monoisotopic (exact) mass is 241 g/mol. The van der Waals surface area contributed by atoms with E-state index in [-0.39, 0.29) is 0 Å². The molecule has 0 heterocycles. The molecule has 88 valence electrons. The second-order valence-corrected chi connectivity index (χ2v) is 7.54. The molecule has 0 aliphatic rings. The van der Waals surface area contributed by atoms with Crippen LogP contribution in [0, 0.1) is 0 Å². The number of benzene rings is 2. The summed E-state index contributed by atoms with van der Waals surface area (Å²) in [4.78, 5) is 2.28. The fraction of sp³-hybridized carbons (Fsp3) is 0.200. The van der Waals surface area contributed by atoms with Crippen molar-refractivity contribution in [3.05, 3.63) is 54.6 Å². The lowest BCUT2D eigenvalue weighted by Crippen LogP contribution is -2.29. The van der Waals surface area contributed by atoms with Crippen LogP contribution in [0.25, 0.3) is 0 Å². The molecule has 0 saturated heterocycles. The van der Waals surface area contributed by atoms with Gasteiger partial charge in [-0.25, -0.2) is 0 Å². The number of hydrogen-bond donors (Lipinski definition) is 0. The van der Waals surface area contributed by atoms with E-state index in [9.17, 15) is 0 Å². The van der Waals surface area contributed by atoms with Gasteiger partial charge in [-0.15, -0.1) is 0 Å². The Kier molecular flexibility index (Phi) is 3.64. The van der Waals surface area contributed by atoms with Crippen LogP contribution in [0.5, 0.6) is 0 Å². The summed E-state index contributed by atoms with van der Waals surface area (Å²) < 4.78 is 0. The normalized spacial score (nSPS) is 10.6. The molecule has 0 aliphatic heterocycles. The molecule has 0 fully saturated rings. The third-order valence-corrected chi connectivity index (χ3v) is 4.80. The van der Waals surface area contributed by atoms with Crippen molar-refractivity contribution in [3.8, 4) is 0 Å². The van der Waals surface area contributed by atoms with Crippen LogP contribution in [0.4, 0.5) is 11.4 Å². The lowest BCUT2D eigenvalue weighted by atomic mass is 10.2. The Morgan fingerprint density at radius 3 is 2.06 bits per heavy atom. The van der Waals surface area contributed by atoms with E-state index < -0.39 is 8.80 Å². The molecule has 1 nitrogen and oxygen atoms in total. The summed E-state index contributed by atoms with van der Waals surface area (Å²) in [5, 5.41) is 1.53. The second kappa shape index (κ2) is 5.19. The molecular formula is C15H19NSi. The molecule has 2 aromatic carbocycles. The van der Waals surface area contributed by atoms with Crippen molar-refractivity contribution in [1.82, 2.24) is 0 Å². The van der Waals surface area contributed by atoms with Gasteiger partial charge >= 0.3 is 0 Å². The smallest absolute Gasteiger partial charge is 0.0674 e. The van der Waals surface area contributed by atoms with Gasteiger partial charge in [0, 0.05) is 18.4 Å². The number of para-hydroxylation sites is 2. The molecule has 2 rings (SSSR count). The van der Waals surface area contributed by atoms with E-state index in [2.05, 4.69) is 79.6 Å². The van der Waals surface area contributed by atoms with E-state index in [1.807, 2.05) is 0 Å². The van der Waals surface area contributed by atoms with Crippen molar-refractivity contribution >= 4 is 25.4 Å². The van der Waals surface area contributed by atoms with Crippen LogP contribution >= 0.6 is 0 Å². The van der Waals surface area contributed by atoms with Crippen molar-refractivity contribution in [1.29, 1.82) is 0 Å². The van der Waals surface area contributed by atoms with Crippen LogP contribution < -0.4 is 10.1 Å². The average Bonchev–Trinajstić information content (AvgIpc) is 2.39. The topological polar surface area (TPSA) is 3.24 Å². The van der Waals surface area contributed by atoms with E-state index >= 15 is 0 Å². The molecule has 0 bridgehead atoms. The highest BCUT2D eigenvalue weighted by Gasteiger charge is 2.11. The number of hydrogen-bond acceptors (Lipinski definition) is 1. The zero-order valence-electron chi connectivity index (χ0n) is 10.7. The fourth-order valence-corrected chi connectivity index (χ4v) is 3.45. The minimum Gasteiger partial charge on any atom is -0.345 e. The molecule has 0 aromatic heterocycles. The summed E-state index contributed by atoms with van der Waals surface area (Å²) in [5.74, 6) is 0. The van der Waals surface area contributed by atoms with E-state index in [1.165, 1.54) is 16.6 Å². The van der Waals surface area contributed by atoms with Gasteiger partial charge < -0.3 is 4.90 Å². The predicted molar refractivity (Wildman–Crippen MR) is 79.5 cm³/mol. The maximum atomic E-state index is 2.37. The first-order valence-corrected chi connectivity index (χ1v) is 8.96. The number of nitrogens with zero attached hydrogens (tertiary/aromatic N) is 1. The summed E-state index contributed by atoms with van der Waals surface area (Å²) in [6, 6.07) is 19.3. The van der Waals surface area contributed by atoms with Crippen LogP contribution in [0.15, 0.2) is 54.6 Å². The first-order chi connectivity index (χ1) is 8.20. The van der Waals surface area contributed by atoms with E-state index in [4.69, 9.17) is 0 Å². The van der Waals surface area contributed by atoms with Crippen molar-refractivity contribution in [3.63, 3.8) is 0 Å². The third kappa shape index (κ3) is 2.59. The first-order valence-electron chi connectivity index (χ1n) is 6.08. The molecule has 17 heavy (non-hydrogen) atoms. The Bertz CT molecular complexity index is 479. The van der Waals surface area contributed by atoms with Gasteiger partial charge in [0.05, 0.1) is 8.80 Å². The van der Waals surface area contributed by atoms with E-state index in [0.717, 1.165) is 0 Å². The zero-order valence-corrected chi connectivity index (χ0v) is 11.9. The van der Waals surface area contributed by atoms with Crippen LogP contribution in [-0.4, -0.2) is 15.8 Å². The zero-order chi connectivity index (χ0) is 12.3. The van der Waals surface area contributed by atoms with Crippen LogP contribution in [0.1, 0.15) is 0 Å². The quantitative estimate of drug-likeness (QED) is 0.746. The molecule has 0 unspecified atom stereocenters. The van der Waals surface area contributed by atoms with Gasteiger partial charge in [0.15, 0.2) is 0 Å². The SMILES string of the molecule is CN(c1ccccc1)c1ccccc1[SiH](C)C. The predicted octanol–water partition coefficient (Wildman–Crippen LogP) is 3.15.